The van der Waals surface area contributed by atoms with Gasteiger partial charge >= 0.3 is 0 Å². The summed E-state index contributed by atoms with van der Waals surface area (Å²) < 4.78 is 7.34. The summed E-state index contributed by atoms with van der Waals surface area (Å²) in [6, 6.07) is 30.8. The molecule has 0 saturated heterocycles. The number of hydrogen-bond donors (Lipinski definition) is 2. The summed E-state index contributed by atoms with van der Waals surface area (Å²) in [4.78, 5) is 26.8. The number of nitrogens with zero attached hydrogens (tertiary/aromatic N) is 2. The van der Waals surface area contributed by atoms with Gasteiger partial charge in [-0.25, -0.2) is 0 Å². The Morgan fingerprint density at radius 3 is 2.48 bits per heavy atom. The van der Waals surface area contributed by atoms with Crippen LogP contribution in [0, 0.1) is 6.92 Å². The van der Waals surface area contributed by atoms with Gasteiger partial charge in [-0.15, -0.1) is 0 Å². The molecule has 200 valence electrons. The first kappa shape index (κ1) is 26.7. The first-order chi connectivity index (χ1) is 19.4. The molecule has 7 nitrogen and oxygen atoms in total. The zero-order chi connectivity index (χ0) is 28.1. The minimum atomic E-state index is -0.419. The monoisotopic (exact) mass is 550 g/mol. The van der Waals surface area contributed by atoms with Gasteiger partial charge in [-0.1, -0.05) is 66.2 Å². The van der Waals surface area contributed by atoms with E-state index in [4.69, 9.17) is 16.3 Å². The van der Waals surface area contributed by atoms with Gasteiger partial charge in [-0.3, -0.25) is 9.59 Å². The fourth-order valence-corrected chi connectivity index (χ4v) is 4.40. The van der Waals surface area contributed by atoms with Crippen LogP contribution in [0.2, 0.25) is 5.02 Å². The molecule has 0 bridgehead atoms. The molecule has 4 aromatic carbocycles. The number of rotatable bonds is 8. The highest BCUT2D eigenvalue weighted by molar-refractivity contribution is 6.30. The van der Waals surface area contributed by atoms with E-state index in [-0.39, 0.29) is 23.4 Å². The molecule has 0 radical (unpaired) electrons. The quantitative estimate of drug-likeness (QED) is 0.213. The molecule has 0 aliphatic carbocycles. The van der Waals surface area contributed by atoms with Crippen molar-refractivity contribution in [3.63, 3.8) is 0 Å². The van der Waals surface area contributed by atoms with E-state index in [1.165, 1.54) is 10.9 Å². The van der Waals surface area contributed by atoms with Crippen LogP contribution < -0.4 is 20.9 Å². The minimum Gasteiger partial charge on any atom is -0.453 e. The van der Waals surface area contributed by atoms with Crippen molar-refractivity contribution in [2.24, 2.45) is 0 Å². The number of aromatic nitrogens is 2. The average molecular weight is 551 g/mol. The van der Waals surface area contributed by atoms with Crippen molar-refractivity contribution in [1.29, 1.82) is 0 Å². The molecule has 8 heteroatoms. The summed E-state index contributed by atoms with van der Waals surface area (Å²) in [5, 5.41) is 11.0. The van der Waals surface area contributed by atoms with Crippen LogP contribution >= 0.6 is 11.6 Å². The molecular formula is C32H27ClN4O3. The first-order valence-electron chi connectivity index (χ1n) is 12.7. The molecule has 5 aromatic rings. The second-order valence-corrected chi connectivity index (χ2v) is 9.75. The summed E-state index contributed by atoms with van der Waals surface area (Å²) in [6.45, 7) is 3.87. The second-order valence-electron chi connectivity index (χ2n) is 9.31. The number of ether oxygens (including phenoxy) is 1. The standard InChI is InChI=1S/C32H27ClN4O3/c1-21-9-6-15-27(17-21)37-32(39)30(29(20-34-37)40-28-16-8-13-25(33)19-28)36-26-14-7-12-24(18-26)31(38)35-22(2)23-10-4-3-5-11-23/h3-20,22,36H,1-2H3,(H,35,38). The summed E-state index contributed by atoms with van der Waals surface area (Å²) in [7, 11) is 0. The Morgan fingerprint density at radius 1 is 0.925 bits per heavy atom. The van der Waals surface area contributed by atoms with Gasteiger partial charge in [0.15, 0.2) is 11.4 Å². The van der Waals surface area contributed by atoms with E-state index in [1.807, 2.05) is 68.4 Å². The topological polar surface area (TPSA) is 85.2 Å². The molecule has 0 spiro atoms. The van der Waals surface area contributed by atoms with Crippen molar-refractivity contribution >= 4 is 28.9 Å². The van der Waals surface area contributed by atoms with Gasteiger partial charge in [0.1, 0.15) is 5.75 Å². The SMILES string of the molecule is Cc1cccc(-n2ncc(Oc3cccc(Cl)c3)c(Nc3cccc(C(=O)NC(C)c4ccccc4)c3)c2=O)c1. The lowest BCUT2D eigenvalue weighted by Gasteiger charge is -2.16. The third-order valence-corrected chi connectivity index (χ3v) is 6.49. The fraction of sp³-hybridized carbons (Fsp3) is 0.0938. The number of anilines is 2. The number of halogens is 1. The molecule has 0 aliphatic heterocycles. The molecular weight excluding hydrogens is 524 g/mol. The highest BCUT2D eigenvalue weighted by Gasteiger charge is 2.17. The summed E-state index contributed by atoms with van der Waals surface area (Å²) >= 11 is 6.14. The van der Waals surface area contributed by atoms with Crippen LogP contribution in [0.5, 0.6) is 11.5 Å². The molecule has 1 aromatic heterocycles. The lowest BCUT2D eigenvalue weighted by atomic mass is 10.1. The van der Waals surface area contributed by atoms with Crippen LogP contribution in [0.1, 0.15) is 34.5 Å². The average Bonchev–Trinajstić information content (AvgIpc) is 2.95. The maximum atomic E-state index is 13.7. The number of aryl methyl sites for hydroxylation is 1. The molecule has 1 heterocycles. The van der Waals surface area contributed by atoms with Crippen molar-refractivity contribution in [2.75, 3.05) is 5.32 Å². The highest BCUT2D eigenvalue weighted by atomic mass is 35.5. The van der Waals surface area contributed by atoms with Crippen LogP contribution in [0.25, 0.3) is 5.69 Å². The van der Waals surface area contributed by atoms with E-state index in [0.717, 1.165) is 11.1 Å². The summed E-state index contributed by atoms with van der Waals surface area (Å²) in [6.07, 6.45) is 1.48. The molecule has 2 N–H and O–H groups in total. The normalized spacial score (nSPS) is 11.5. The van der Waals surface area contributed by atoms with Gasteiger partial charge in [0.2, 0.25) is 0 Å². The second kappa shape index (κ2) is 11.9. The van der Waals surface area contributed by atoms with Crippen LogP contribution in [0.3, 0.4) is 0 Å². The maximum Gasteiger partial charge on any atom is 0.299 e. The maximum absolute atomic E-state index is 13.7. The summed E-state index contributed by atoms with van der Waals surface area (Å²) in [5.41, 5.74) is 3.33. The molecule has 0 aliphatic rings. The number of nitrogens with one attached hydrogen (secondary N) is 2. The minimum absolute atomic E-state index is 0.159. The van der Waals surface area contributed by atoms with Gasteiger partial charge in [0.05, 0.1) is 17.9 Å². The third kappa shape index (κ3) is 6.22. The van der Waals surface area contributed by atoms with E-state index >= 15 is 0 Å². The largest absolute Gasteiger partial charge is 0.453 e. The van der Waals surface area contributed by atoms with Gasteiger partial charge in [-0.05, 0) is 73.5 Å². The van der Waals surface area contributed by atoms with Crippen molar-refractivity contribution in [2.45, 2.75) is 19.9 Å². The fourth-order valence-electron chi connectivity index (χ4n) is 4.22. The van der Waals surface area contributed by atoms with Gasteiger partial charge < -0.3 is 15.4 Å². The molecule has 40 heavy (non-hydrogen) atoms. The number of carbonyl (C=O) groups excluding carboxylic acids is 1. The van der Waals surface area contributed by atoms with Crippen molar-refractivity contribution < 1.29 is 9.53 Å². The Balaban J connectivity index is 1.48. The molecule has 0 fully saturated rings. The Morgan fingerprint density at radius 2 is 1.70 bits per heavy atom. The number of carbonyl (C=O) groups is 1. The Bertz CT molecular complexity index is 1720. The van der Waals surface area contributed by atoms with E-state index in [1.54, 1.807) is 48.5 Å². The molecule has 1 atom stereocenters. The molecule has 5 rings (SSSR count). The Kier molecular flexibility index (Phi) is 7.94. The van der Waals surface area contributed by atoms with E-state index in [0.29, 0.717) is 27.7 Å². The smallest absolute Gasteiger partial charge is 0.299 e. The number of benzene rings is 4. The van der Waals surface area contributed by atoms with E-state index < -0.39 is 5.56 Å². The highest BCUT2D eigenvalue weighted by Crippen LogP contribution is 2.30. The Hall–Kier alpha value is -4.88. The van der Waals surface area contributed by atoms with Crippen molar-refractivity contribution in [3.8, 4) is 17.2 Å². The van der Waals surface area contributed by atoms with Crippen LogP contribution in [-0.4, -0.2) is 15.7 Å². The van der Waals surface area contributed by atoms with Gasteiger partial charge in [0.25, 0.3) is 11.5 Å². The zero-order valence-corrected chi connectivity index (χ0v) is 22.7. The van der Waals surface area contributed by atoms with Crippen LogP contribution in [-0.2, 0) is 0 Å². The molecule has 1 unspecified atom stereocenters. The van der Waals surface area contributed by atoms with Gasteiger partial charge in [0, 0.05) is 16.3 Å². The molecule has 1 amide bonds. The summed E-state index contributed by atoms with van der Waals surface area (Å²) in [5.74, 6) is 0.430. The van der Waals surface area contributed by atoms with Crippen molar-refractivity contribution in [1.82, 2.24) is 15.1 Å². The van der Waals surface area contributed by atoms with E-state index in [9.17, 15) is 9.59 Å². The van der Waals surface area contributed by atoms with E-state index in [2.05, 4.69) is 15.7 Å². The predicted octanol–water partition coefficient (Wildman–Crippen LogP) is 7.22. The Labute approximate surface area is 237 Å². The van der Waals surface area contributed by atoms with Crippen LogP contribution in [0.4, 0.5) is 11.4 Å². The lowest BCUT2D eigenvalue weighted by Crippen LogP contribution is -2.26. The zero-order valence-electron chi connectivity index (χ0n) is 22.0. The van der Waals surface area contributed by atoms with Gasteiger partial charge in [-0.2, -0.15) is 9.78 Å². The van der Waals surface area contributed by atoms with Crippen molar-refractivity contribution in [3.05, 3.63) is 141 Å². The number of amides is 1. The first-order valence-corrected chi connectivity index (χ1v) is 13.1. The lowest BCUT2D eigenvalue weighted by molar-refractivity contribution is 0.0940. The number of hydrogen-bond acceptors (Lipinski definition) is 5. The third-order valence-electron chi connectivity index (χ3n) is 6.25. The molecule has 0 saturated carbocycles. The van der Waals surface area contributed by atoms with Crippen LogP contribution in [0.15, 0.2) is 114 Å². The predicted molar refractivity (Wildman–Crippen MR) is 158 cm³/mol.